The number of hydrogen-bond donors (Lipinski definition) is 1. The Morgan fingerprint density at radius 3 is 2.82 bits per heavy atom. The summed E-state index contributed by atoms with van der Waals surface area (Å²) in [5.41, 5.74) is 1.13. The second-order valence-corrected chi connectivity index (χ2v) is 5.31. The van der Waals surface area contributed by atoms with Crippen molar-refractivity contribution in [2.75, 3.05) is 6.54 Å². The van der Waals surface area contributed by atoms with Gasteiger partial charge in [0.25, 0.3) is 0 Å². The van der Waals surface area contributed by atoms with E-state index in [0.717, 1.165) is 29.4 Å². The summed E-state index contributed by atoms with van der Waals surface area (Å²) in [4.78, 5) is 5.81. The Balaban J connectivity index is 2.19. The largest absolute Gasteiger partial charge is 0.469 e. The highest BCUT2D eigenvalue weighted by atomic mass is 32.1. The number of aryl methyl sites for hydroxylation is 2. The predicted molar refractivity (Wildman–Crippen MR) is 70.4 cm³/mol. The van der Waals surface area contributed by atoms with Gasteiger partial charge in [0.2, 0.25) is 0 Å². The topological polar surface area (TPSA) is 38.1 Å². The SMILES string of the molecule is CCNC(Cc1ccco1)c1sc(C)nc1C. The zero-order valence-electron chi connectivity index (χ0n) is 10.5. The molecule has 17 heavy (non-hydrogen) atoms. The van der Waals surface area contributed by atoms with Crippen LogP contribution in [0.1, 0.15) is 34.3 Å². The zero-order chi connectivity index (χ0) is 12.3. The predicted octanol–water partition coefficient (Wildman–Crippen LogP) is 3.25. The van der Waals surface area contributed by atoms with Gasteiger partial charge in [-0.05, 0) is 32.5 Å². The van der Waals surface area contributed by atoms with Crippen molar-refractivity contribution < 1.29 is 4.42 Å². The van der Waals surface area contributed by atoms with E-state index in [-0.39, 0.29) is 0 Å². The molecule has 0 amide bonds. The van der Waals surface area contributed by atoms with E-state index in [1.165, 1.54) is 4.88 Å². The zero-order valence-corrected chi connectivity index (χ0v) is 11.3. The van der Waals surface area contributed by atoms with E-state index in [4.69, 9.17) is 4.42 Å². The number of nitrogens with one attached hydrogen (secondary N) is 1. The number of likely N-dealkylation sites (N-methyl/N-ethyl adjacent to an activating group) is 1. The third-order valence-electron chi connectivity index (χ3n) is 2.69. The van der Waals surface area contributed by atoms with E-state index in [1.807, 2.05) is 12.1 Å². The van der Waals surface area contributed by atoms with Gasteiger partial charge in [0.1, 0.15) is 5.76 Å². The number of aromatic nitrogens is 1. The first-order valence-electron chi connectivity index (χ1n) is 5.90. The van der Waals surface area contributed by atoms with Crippen molar-refractivity contribution >= 4 is 11.3 Å². The molecular formula is C13H18N2OS. The van der Waals surface area contributed by atoms with Crippen LogP contribution in [-0.4, -0.2) is 11.5 Å². The lowest BCUT2D eigenvalue weighted by atomic mass is 10.1. The summed E-state index contributed by atoms with van der Waals surface area (Å²) in [5.74, 6) is 1.02. The number of thiazole rings is 1. The van der Waals surface area contributed by atoms with Crippen molar-refractivity contribution in [3.05, 3.63) is 39.7 Å². The molecule has 0 aromatic carbocycles. The minimum Gasteiger partial charge on any atom is -0.469 e. The van der Waals surface area contributed by atoms with E-state index in [2.05, 4.69) is 31.1 Å². The summed E-state index contributed by atoms with van der Waals surface area (Å²) in [6, 6.07) is 4.26. The maximum atomic E-state index is 5.42. The van der Waals surface area contributed by atoms with Crippen LogP contribution in [0.5, 0.6) is 0 Å². The molecule has 1 N–H and O–H groups in total. The third-order valence-corrected chi connectivity index (χ3v) is 3.88. The Morgan fingerprint density at radius 2 is 2.29 bits per heavy atom. The lowest BCUT2D eigenvalue weighted by Crippen LogP contribution is -2.22. The van der Waals surface area contributed by atoms with Crippen LogP contribution in [0.4, 0.5) is 0 Å². The van der Waals surface area contributed by atoms with Gasteiger partial charge in [-0.1, -0.05) is 6.92 Å². The Morgan fingerprint density at radius 1 is 1.47 bits per heavy atom. The van der Waals surface area contributed by atoms with Crippen LogP contribution in [0.25, 0.3) is 0 Å². The highest BCUT2D eigenvalue weighted by molar-refractivity contribution is 7.11. The van der Waals surface area contributed by atoms with Crippen LogP contribution < -0.4 is 5.32 Å². The number of nitrogens with zero attached hydrogens (tertiary/aromatic N) is 1. The van der Waals surface area contributed by atoms with Crippen molar-refractivity contribution in [3.63, 3.8) is 0 Å². The molecule has 1 atom stereocenters. The van der Waals surface area contributed by atoms with Gasteiger partial charge in [0.15, 0.2) is 0 Å². The van der Waals surface area contributed by atoms with Crippen molar-refractivity contribution in [2.45, 2.75) is 33.2 Å². The molecule has 0 aliphatic carbocycles. The lowest BCUT2D eigenvalue weighted by Gasteiger charge is -2.15. The molecule has 2 rings (SSSR count). The molecule has 92 valence electrons. The molecule has 1 unspecified atom stereocenters. The average molecular weight is 250 g/mol. The standard InChI is InChI=1S/C13H18N2OS/c1-4-14-12(8-11-6-5-7-16-11)13-9(2)15-10(3)17-13/h5-7,12,14H,4,8H2,1-3H3. The molecule has 0 fully saturated rings. The van der Waals surface area contributed by atoms with Crippen LogP contribution in [0, 0.1) is 13.8 Å². The fourth-order valence-corrected chi connectivity index (χ4v) is 3.01. The Labute approximate surface area is 106 Å². The smallest absolute Gasteiger partial charge is 0.105 e. The van der Waals surface area contributed by atoms with Crippen LogP contribution in [0.3, 0.4) is 0 Å². The monoisotopic (exact) mass is 250 g/mol. The van der Waals surface area contributed by atoms with Gasteiger partial charge in [-0.2, -0.15) is 0 Å². The fraction of sp³-hybridized carbons (Fsp3) is 0.462. The summed E-state index contributed by atoms with van der Waals surface area (Å²) >= 11 is 1.77. The fourth-order valence-electron chi connectivity index (χ4n) is 2.00. The summed E-state index contributed by atoms with van der Waals surface area (Å²) < 4.78 is 5.42. The van der Waals surface area contributed by atoms with E-state index >= 15 is 0 Å². The molecular weight excluding hydrogens is 232 g/mol. The van der Waals surface area contributed by atoms with Gasteiger partial charge in [0, 0.05) is 11.3 Å². The highest BCUT2D eigenvalue weighted by Gasteiger charge is 2.18. The Kier molecular flexibility index (Phi) is 3.97. The summed E-state index contributed by atoms with van der Waals surface area (Å²) in [5, 5.41) is 4.63. The van der Waals surface area contributed by atoms with E-state index in [0.29, 0.717) is 6.04 Å². The van der Waals surface area contributed by atoms with Gasteiger partial charge in [0.05, 0.1) is 23.0 Å². The molecule has 0 saturated heterocycles. The van der Waals surface area contributed by atoms with Crippen LogP contribution in [-0.2, 0) is 6.42 Å². The molecule has 2 heterocycles. The van der Waals surface area contributed by atoms with Gasteiger partial charge < -0.3 is 9.73 Å². The number of hydrogen-bond acceptors (Lipinski definition) is 4. The molecule has 0 spiro atoms. The first-order chi connectivity index (χ1) is 8.20. The second-order valence-electron chi connectivity index (χ2n) is 4.08. The summed E-state index contributed by atoms with van der Waals surface area (Å²) in [6.45, 7) is 7.20. The quantitative estimate of drug-likeness (QED) is 0.885. The Bertz CT molecular complexity index is 462. The number of furan rings is 1. The van der Waals surface area contributed by atoms with Crippen molar-refractivity contribution in [1.82, 2.24) is 10.3 Å². The van der Waals surface area contributed by atoms with Gasteiger partial charge >= 0.3 is 0 Å². The van der Waals surface area contributed by atoms with Crippen LogP contribution in [0.15, 0.2) is 22.8 Å². The maximum Gasteiger partial charge on any atom is 0.105 e. The molecule has 3 nitrogen and oxygen atoms in total. The van der Waals surface area contributed by atoms with Crippen LogP contribution >= 0.6 is 11.3 Å². The molecule has 0 aliphatic rings. The molecule has 0 radical (unpaired) electrons. The lowest BCUT2D eigenvalue weighted by molar-refractivity contribution is 0.457. The minimum atomic E-state index is 0.303. The van der Waals surface area contributed by atoms with Gasteiger partial charge in [-0.25, -0.2) is 4.98 Å². The van der Waals surface area contributed by atoms with Crippen molar-refractivity contribution in [2.24, 2.45) is 0 Å². The summed E-state index contributed by atoms with van der Waals surface area (Å²) in [7, 11) is 0. The normalized spacial score (nSPS) is 12.9. The molecule has 2 aromatic rings. The third kappa shape index (κ3) is 2.96. The van der Waals surface area contributed by atoms with Crippen molar-refractivity contribution in [3.8, 4) is 0 Å². The maximum absolute atomic E-state index is 5.42. The second kappa shape index (κ2) is 5.47. The van der Waals surface area contributed by atoms with Gasteiger partial charge in [-0.15, -0.1) is 11.3 Å². The van der Waals surface area contributed by atoms with Gasteiger partial charge in [-0.3, -0.25) is 0 Å². The van der Waals surface area contributed by atoms with Crippen LogP contribution in [0.2, 0.25) is 0 Å². The van der Waals surface area contributed by atoms with E-state index in [1.54, 1.807) is 17.6 Å². The average Bonchev–Trinajstić information content (AvgIpc) is 2.88. The first-order valence-corrected chi connectivity index (χ1v) is 6.72. The van der Waals surface area contributed by atoms with E-state index < -0.39 is 0 Å². The molecule has 2 aromatic heterocycles. The molecule has 0 bridgehead atoms. The first kappa shape index (κ1) is 12.3. The summed E-state index contributed by atoms with van der Waals surface area (Å²) in [6.07, 6.45) is 2.60. The van der Waals surface area contributed by atoms with Crippen molar-refractivity contribution in [1.29, 1.82) is 0 Å². The van der Waals surface area contributed by atoms with E-state index in [9.17, 15) is 0 Å². The molecule has 0 aliphatic heterocycles. The minimum absolute atomic E-state index is 0.303. The number of rotatable bonds is 5. The Hall–Kier alpha value is -1.13. The highest BCUT2D eigenvalue weighted by Crippen LogP contribution is 2.27. The molecule has 4 heteroatoms. The molecule has 0 saturated carbocycles.